The molecule has 0 radical (unpaired) electrons. The van der Waals surface area contributed by atoms with Gasteiger partial charge in [-0.05, 0) is 103 Å². The van der Waals surface area contributed by atoms with Crippen molar-refractivity contribution in [3.8, 4) is 11.5 Å². The van der Waals surface area contributed by atoms with Crippen LogP contribution in [0, 0.1) is 6.92 Å². The van der Waals surface area contributed by atoms with Crippen molar-refractivity contribution in [2.45, 2.75) is 70.1 Å². The fourth-order valence-electron chi connectivity index (χ4n) is 5.67. The molecule has 0 aliphatic carbocycles. The summed E-state index contributed by atoms with van der Waals surface area (Å²) < 4.78 is 50.4. The van der Waals surface area contributed by atoms with Crippen molar-refractivity contribution in [3.63, 3.8) is 0 Å². The van der Waals surface area contributed by atoms with E-state index in [0.29, 0.717) is 25.2 Å². The van der Waals surface area contributed by atoms with Crippen LogP contribution >= 0.6 is 11.8 Å². The number of fused-ring (bicyclic) bond motifs is 2. The molecule has 0 fully saturated rings. The Morgan fingerprint density at radius 1 is 0.632 bits per heavy atom. The van der Waals surface area contributed by atoms with E-state index >= 15 is 0 Å². The number of benzene rings is 5. The molecule has 304 valence electrons. The molecule has 2 unspecified atom stereocenters. The molecule has 0 spiro atoms. The SMILES string of the molecule is CCCC(=O)SCCCOC(=O)C(C)c1ccc2cc(OC)ccc2c1.COc1ccc2cc(C(C)C(=O)OCCCOS(=O)(=O)c3ccc(C)cc3)ccc2c1. The highest BCUT2D eigenvalue weighted by Crippen LogP contribution is 2.27. The largest absolute Gasteiger partial charge is 0.497 e. The van der Waals surface area contributed by atoms with Gasteiger partial charge in [-0.2, -0.15) is 8.42 Å². The second-order valence-corrected chi connectivity index (χ2v) is 16.3. The van der Waals surface area contributed by atoms with E-state index in [9.17, 15) is 22.8 Å². The topological polar surface area (TPSA) is 132 Å². The predicted molar refractivity (Wildman–Crippen MR) is 226 cm³/mol. The average Bonchev–Trinajstić information content (AvgIpc) is 3.22. The number of hydrogen-bond acceptors (Lipinski definition) is 11. The van der Waals surface area contributed by atoms with Crippen LogP contribution in [0.5, 0.6) is 11.5 Å². The second kappa shape index (κ2) is 22.1. The summed E-state index contributed by atoms with van der Waals surface area (Å²) in [5.41, 5.74) is 2.74. The first-order valence-corrected chi connectivity index (χ1v) is 21.3. The Kier molecular flexibility index (Phi) is 17.4. The van der Waals surface area contributed by atoms with Crippen molar-refractivity contribution >= 4 is 60.5 Å². The molecule has 0 heterocycles. The molecule has 0 amide bonds. The molecule has 0 aliphatic rings. The van der Waals surface area contributed by atoms with Crippen molar-refractivity contribution in [3.05, 3.63) is 114 Å². The highest BCUT2D eigenvalue weighted by molar-refractivity contribution is 8.13. The smallest absolute Gasteiger partial charge is 0.313 e. The Labute approximate surface area is 340 Å². The van der Waals surface area contributed by atoms with Crippen molar-refractivity contribution in [2.24, 2.45) is 0 Å². The number of carbonyl (C=O) groups is 3. The number of ether oxygens (including phenoxy) is 4. The van der Waals surface area contributed by atoms with E-state index in [4.69, 9.17) is 23.1 Å². The minimum Gasteiger partial charge on any atom is -0.497 e. The summed E-state index contributed by atoms with van der Waals surface area (Å²) in [6.45, 7) is 7.87. The van der Waals surface area contributed by atoms with Crippen LogP contribution in [-0.2, 0) is 38.2 Å². The molecule has 0 N–H and O–H groups in total. The van der Waals surface area contributed by atoms with E-state index in [1.54, 1.807) is 33.3 Å². The molecular formula is C45H52O10S2. The lowest BCUT2D eigenvalue weighted by molar-refractivity contribution is -0.146. The average molecular weight is 817 g/mol. The number of esters is 2. The van der Waals surface area contributed by atoms with Gasteiger partial charge in [0.2, 0.25) is 0 Å². The highest BCUT2D eigenvalue weighted by Gasteiger charge is 2.19. The van der Waals surface area contributed by atoms with E-state index in [0.717, 1.165) is 56.2 Å². The van der Waals surface area contributed by atoms with Gasteiger partial charge in [0.15, 0.2) is 5.12 Å². The molecule has 57 heavy (non-hydrogen) atoms. The van der Waals surface area contributed by atoms with Gasteiger partial charge >= 0.3 is 11.9 Å². The third-order valence-electron chi connectivity index (χ3n) is 9.18. The summed E-state index contributed by atoms with van der Waals surface area (Å²) in [6.07, 6.45) is 2.45. The van der Waals surface area contributed by atoms with Crippen LogP contribution in [0.1, 0.15) is 75.0 Å². The summed E-state index contributed by atoms with van der Waals surface area (Å²) in [4.78, 5) is 36.2. The lowest BCUT2D eigenvalue weighted by Crippen LogP contribution is -2.15. The van der Waals surface area contributed by atoms with Gasteiger partial charge in [0.05, 0.1) is 50.8 Å². The number of hydrogen-bond donors (Lipinski definition) is 0. The Bertz CT molecular complexity index is 2220. The van der Waals surface area contributed by atoms with Gasteiger partial charge < -0.3 is 18.9 Å². The van der Waals surface area contributed by atoms with Crippen molar-refractivity contribution in [1.82, 2.24) is 0 Å². The van der Waals surface area contributed by atoms with Gasteiger partial charge in [0, 0.05) is 18.6 Å². The van der Waals surface area contributed by atoms with Crippen LogP contribution in [-0.4, -0.2) is 65.3 Å². The van der Waals surface area contributed by atoms with Crippen LogP contribution in [0.15, 0.2) is 102 Å². The van der Waals surface area contributed by atoms with Crippen LogP contribution in [0.3, 0.4) is 0 Å². The number of carbonyl (C=O) groups excluding carboxylic acids is 3. The molecule has 0 aromatic heterocycles. The third-order valence-corrected chi connectivity index (χ3v) is 11.5. The predicted octanol–water partition coefficient (Wildman–Crippen LogP) is 9.54. The molecule has 0 bridgehead atoms. The van der Waals surface area contributed by atoms with E-state index in [1.165, 1.54) is 23.9 Å². The molecule has 2 atom stereocenters. The zero-order chi connectivity index (χ0) is 41.4. The highest BCUT2D eigenvalue weighted by atomic mass is 32.2. The van der Waals surface area contributed by atoms with Gasteiger partial charge in [-0.25, -0.2) is 0 Å². The molecule has 0 saturated carbocycles. The first kappa shape index (κ1) is 44.8. The minimum atomic E-state index is -3.81. The second-order valence-electron chi connectivity index (χ2n) is 13.5. The summed E-state index contributed by atoms with van der Waals surface area (Å²) in [6, 6.07) is 29.8. The normalized spacial score (nSPS) is 12.2. The summed E-state index contributed by atoms with van der Waals surface area (Å²) >= 11 is 1.32. The van der Waals surface area contributed by atoms with E-state index in [-0.39, 0.29) is 47.5 Å². The lowest BCUT2D eigenvalue weighted by atomic mass is 9.98. The Morgan fingerprint density at radius 2 is 1.11 bits per heavy atom. The molecule has 0 aliphatic heterocycles. The van der Waals surface area contributed by atoms with E-state index in [1.807, 2.05) is 93.6 Å². The first-order chi connectivity index (χ1) is 27.3. The Morgan fingerprint density at radius 3 is 1.60 bits per heavy atom. The maximum Gasteiger partial charge on any atom is 0.313 e. The number of rotatable bonds is 18. The molecule has 0 saturated heterocycles. The van der Waals surface area contributed by atoms with Crippen molar-refractivity contribution < 1.29 is 45.9 Å². The molecule has 10 nitrogen and oxygen atoms in total. The molecule has 5 aromatic rings. The molecular weight excluding hydrogens is 765 g/mol. The molecule has 12 heteroatoms. The van der Waals surface area contributed by atoms with E-state index < -0.39 is 16.0 Å². The monoisotopic (exact) mass is 816 g/mol. The maximum atomic E-state index is 12.4. The van der Waals surface area contributed by atoms with Crippen LogP contribution in [0.4, 0.5) is 0 Å². The maximum absolute atomic E-state index is 12.4. The number of methoxy groups -OCH3 is 2. The van der Waals surface area contributed by atoms with Crippen molar-refractivity contribution in [2.75, 3.05) is 39.8 Å². The molecule has 5 aromatic carbocycles. The zero-order valence-corrected chi connectivity index (χ0v) is 35.1. The van der Waals surface area contributed by atoms with Crippen LogP contribution in [0.25, 0.3) is 21.5 Å². The van der Waals surface area contributed by atoms with Gasteiger partial charge in [0.25, 0.3) is 10.1 Å². The van der Waals surface area contributed by atoms with Crippen molar-refractivity contribution in [1.29, 1.82) is 0 Å². The standard InChI is InChI=1S/C24H26O6S.C21H26O4S/c1-17-5-11-23(12-6-17)31(26,27)30-14-4-13-29-24(25)18(2)19-7-8-21-16-22(28-3)10-9-20(21)15-19;1-4-6-20(22)26-12-5-11-25-21(23)15(2)16-7-8-18-14-19(24-3)10-9-17(18)13-16/h5-12,15-16,18H,4,13-14H2,1-3H3;7-10,13-15H,4-6,11-12H2,1-3H3. The van der Waals surface area contributed by atoms with E-state index in [2.05, 4.69) is 0 Å². The minimum absolute atomic E-state index is 0.0598. The summed E-state index contributed by atoms with van der Waals surface area (Å²) in [7, 11) is -0.546. The summed E-state index contributed by atoms with van der Waals surface area (Å²) in [5.74, 6) is 0.919. The number of aryl methyl sites for hydroxylation is 1. The van der Waals surface area contributed by atoms with Gasteiger partial charge in [-0.1, -0.05) is 84.9 Å². The van der Waals surface area contributed by atoms with Gasteiger partial charge in [-0.3, -0.25) is 18.6 Å². The van der Waals surface area contributed by atoms with Gasteiger partial charge in [0.1, 0.15) is 11.5 Å². The summed E-state index contributed by atoms with van der Waals surface area (Å²) in [5, 5.41) is 4.37. The Balaban J connectivity index is 0.000000257. The first-order valence-electron chi connectivity index (χ1n) is 19.0. The van der Waals surface area contributed by atoms with Crippen LogP contribution in [0.2, 0.25) is 0 Å². The third kappa shape index (κ3) is 13.6. The lowest BCUT2D eigenvalue weighted by Gasteiger charge is -2.13. The Hall–Kier alpha value is -4.91. The fraction of sp³-hybridized carbons (Fsp3) is 0.356. The number of thioether (sulfide) groups is 1. The fourth-order valence-corrected chi connectivity index (χ4v) is 7.45. The van der Waals surface area contributed by atoms with Gasteiger partial charge in [-0.15, -0.1) is 0 Å². The quantitative estimate of drug-likeness (QED) is 0.0476. The van der Waals surface area contributed by atoms with Crippen LogP contribution < -0.4 is 9.47 Å². The molecule has 5 rings (SSSR count). The zero-order valence-electron chi connectivity index (χ0n) is 33.4.